The van der Waals surface area contributed by atoms with Crippen LogP contribution < -0.4 is 5.73 Å². The summed E-state index contributed by atoms with van der Waals surface area (Å²) in [5, 5.41) is 15.5. The minimum atomic E-state index is -1.06. The lowest BCUT2D eigenvalue weighted by atomic mass is 9.90. The van der Waals surface area contributed by atoms with Gasteiger partial charge >= 0.3 is 5.97 Å². The largest absolute Gasteiger partial charge is 0.477 e. The summed E-state index contributed by atoms with van der Waals surface area (Å²) in [5.74, 6) is -1.06. The van der Waals surface area contributed by atoms with Crippen LogP contribution in [0.15, 0.2) is 12.5 Å². The first kappa shape index (κ1) is 9.91. The highest BCUT2D eigenvalue weighted by molar-refractivity contribution is 5.90. The van der Waals surface area contributed by atoms with E-state index in [1.54, 1.807) is 6.20 Å². The van der Waals surface area contributed by atoms with Gasteiger partial charge in [-0.05, 0) is 0 Å². The van der Waals surface area contributed by atoms with E-state index in [1.165, 1.54) is 6.33 Å². The Balaban J connectivity index is 2.27. The van der Waals surface area contributed by atoms with E-state index in [-0.39, 0.29) is 5.69 Å². The maximum absolute atomic E-state index is 11.0. The number of nitrogens with two attached hydrogens (primary N) is 1. The third-order valence-electron chi connectivity index (χ3n) is 2.85. The summed E-state index contributed by atoms with van der Waals surface area (Å²) in [6, 6.07) is -0.405. The van der Waals surface area contributed by atoms with Gasteiger partial charge in [-0.25, -0.2) is 14.8 Å². The number of nitrogens with one attached hydrogen (secondary N) is 1. The van der Waals surface area contributed by atoms with Crippen molar-refractivity contribution in [2.24, 2.45) is 5.73 Å². The standard InChI is InChI=1S/C10H9N5O2/c11-5-1-6-4(2-12-3-13-6)8-7(5)9(10(16)17)15-14-8/h2-3,5H,1,11H2,(H,14,15)(H,16,17). The Kier molecular flexibility index (Phi) is 1.96. The van der Waals surface area contributed by atoms with Crippen LogP contribution >= 0.6 is 0 Å². The Hall–Kier alpha value is -2.28. The molecule has 86 valence electrons. The maximum Gasteiger partial charge on any atom is 0.354 e. The molecule has 0 fully saturated rings. The van der Waals surface area contributed by atoms with Crippen LogP contribution in [0.5, 0.6) is 0 Å². The predicted molar refractivity (Wildman–Crippen MR) is 57.2 cm³/mol. The molecule has 1 aliphatic rings. The van der Waals surface area contributed by atoms with E-state index in [0.717, 1.165) is 11.3 Å². The topological polar surface area (TPSA) is 118 Å². The first-order valence-corrected chi connectivity index (χ1v) is 5.05. The predicted octanol–water partition coefficient (Wildman–Crippen LogP) is 0.121. The molecule has 7 heteroatoms. The molecule has 2 heterocycles. The molecule has 0 aliphatic heterocycles. The highest BCUT2D eigenvalue weighted by Gasteiger charge is 2.30. The number of carboxylic acid groups (broad SMARTS) is 1. The van der Waals surface area contributed by atoms with Crippen LogP contribution in [-0.4, -0.2) is 31.2 Å². The van der Waals surface area contributed by atoms with Crippen molar-refractivity contribution in [3.63, 3.8) is 0 Å². The summed E-state index contributed by atoms with van der Waals surface area (Å²) in [5.41, 5.74) is 8.61. The van der Waals surface area contributed by atoms with Crippen LogP contribution in [-0.2, 0) is 6.42 Å². The molecule has 0 amide bonds. The van der Waals surface area contributed by atoms with Crippen molar-refractivity contribution in [1.29, 1.82) is 0 Å². The minimum absolute atomic E-state index is 0.0435. The SMILES string of the molecule is NC1Cc2ncncc2-c2n[nH]c(C(=O)O)c21. The van der Waals surface area contributed by atoms with Gasteiger partial charge in [0.15, 0.2) is 0 Å². The van der Waals surface area contributed by atoms with E-state index >= 15 is 0 Å². The fourth-order valence-electron chi connectivity index (χ4n) is 2.11. The Morgan fingerprint density at radius 2 is 2.41 bits per heavy atom. The normalized spacial score (nSPS) is 17.4. The van der Waals surface area contributed by atoms with Gasteiger partial charge in [-0.2, -0.15) is 5.10 Å². The Bertz CT molecular complexity index is 606. The summed E-state index contributed by atoms with van der Waals surface area (Å²) in [6.45, 7) is 0. The first-order chi connectivity index (χ1) is 8.18. The summed E-state index contributed by atoms with van der Waals surface area (Å²) in [6.07, 6.45) is 3.56. The van der Waals surface area contributed by atoms with Crippen molar-refractivity contribution in [3.8, 4) is 11.3 Å². The molecular formula is C10H9N5O2. The average molecular weight is 231 g/mol. The quantitative estimate of drug-likeness (QED) is 0.641. The number of nitrogens with zero attached hydrogens (tertiary/aromatic N) is 3. The van der Waals surface area contributed by atoms with Crippen molar-refractivity contribution in [1.82, 2.24) is 20.2 Å². The highest BCUT2D eigenvalue weighted by atomic mass is 16.4. The van der Waals surface area contributed by atoms with E-state index in [4.69, 9.17) is 10.8 Å². The molecule has 0 aromatic carbocycles. The molecule has 0 saturated carbocycles. The third kappa shape index (κ3) is 1.32. The van der Waals surface area contributed by atoms with Gasteiger partial charge in [0.05, 0.1) is 5.69 Å². The number of hydrogen-bond donors (Lipinski definition) is 3. The van der Waals surface area contributed by atoms with Gasteiger partial charge in [0, 0.05) is 29.8 Å². The number of aromatic amines is 1. The molecule has 4 N–H and O–H groups in total. The van der Waals surface area contributed by atoms with Crippen LogP contribution in [0.1, 0.15) is 27.8 Å². The monoisotopic (exact) mass is 231 g/mol. The fraction of sp³-hybridized carbons (Fsp3) is 0.200. The molecule has 17 heavy (non-hydrogen) atoms. The van der Waals surface area contributed by atoms with Gasteiger partial charge in [-0.15, -0.1) is 0 Å². The second kappa shape index (κ2) is 3.36. The van der Waals surface area contributed by atoms with Gasteiger partial charge in [-0.1, -0.05) is 0 Å². The molecule has 7 nitrogen and oxygen atoms in total. The molecule has 1 atom stereocenters. The van der Waals surface area contributed by atoms with Gasteiger partial charge in [0.2, 0.25) is 0 Å². The highest BCUT2D eigenvalue weighted by Crippen LogP contribution is 2.36. The number of aromatic nitrogens is 4. The number of H-pyrrole nitrogens is 1. The van der Waals surface area contributed by atoms with Crippen LogP contribution in [0.25, 0.3) is 11.3 Å². The number of carbonyl (C=O) groups is 1. The Morgan fingerprint density at radius 3 is 3.18 bits per heavy atom. The van der Waals surface area contributed by atoms with E-state index in [1.807, 2.05) is 0 Å². The van der Waals surface area contributed by atoms with Gasteiger partial charge < -0.3 is 10.8 Å². The molecule has 1 unspecified atom stereocenters. The summed E-state index contributed by atoms with van der Waals surface area (Å²) < 4.78 is 0. The van der Waals surface area contributed by atoms with Crippen LogP contribution in [0.3, 0.4) is 0 Å². The lowest BCUT2D eigenvalue weighted by Gasteiger charge is -2.19. The average Bonchev–Trinajstić information content (AvgIpc) is 2.74. The summed E-state index contributed by atoms with van der Waals surface area (Å²) in [4.78, 5) is 19.1. The smallest absolute Gasteiger partial charge is 0.354 e. The molecule has 0 bridgehead atoms. The molecule has 2 aromatic heterocycles. The van der Waals surface area contributed by atoms with E-state index in [2.05, 4.69) is 20.2 Å². The maximum atomic E-state index is 11.0. The van der Waals surface area contributed by atoms with Crippen molar-refractivity contribution in [2.75, 3.05) is 0 Å². The first-order valence-electron chi connectivity index (χ1n) is 5.05. The summed E-state index contributed by atoms with van der Waals surface area (Å²) in [7, 11) is 0. The van der Waals surface area contributed by atoms with E-state index in [9.17, 15) is 4.79 Å². The third-order valence-corrected chi connectivity index (χ3v) is 2.85. The lowest BCUT2D eigenvalue weighted by molar-refractivity contribution is 0.0688. The van der Waals surface area contributed by atoms with Crippen LogP contribution in [0.4, 0.5) is 0 Å². The Labute approximate surface area is 95.7 Å². The van der Waals surface area contributed by atoms with Gasteiger partial charge in [0.25, 0.3) is 0 Å². The number of hydrogen-bond acceptors (Lipinski definition) is 5. The molecule has 0 saturated heterocycles. The number of aromatic carboxylic acids is 1. The molecule has 2 aromatic rings. The second-order valence-electron chi connectivity index (χ2n) is 3.86. The zero-order valence-electron chi connectivity index (χ0n) is 8.71. The minimum Gasteiger partial charge on any atom is -0.477 e. The van der Waals surface area contributed by atoms with Crippen molar-refractivity contribution < 1.29 is 9.90 Å². The van der Waals surface area contributed by atoms with E-state index in [0.29, 0.717) is 17.7 Å². The molecule has 1 aliphatic carbocycles. The lowest BCUT2D eigenvalue weighted by Crippen LogP contribution is -2.21. The zero-order valence-corrected chi connectivity index (χ0v) is 8.71. The van der Waals surface area contributed by atoms with Crippen molar-refractivity contribution >= 4 is 5.97 Å². The van der Waals surface area contributed by atoms with Crippen molar-refractivity contribution in [3.05, 3.63) is 29.5 Å². The molecule has 0 spiro atoms. The Morgan fingerprint density at radius 1 is 1.59 bits per heavy atom. The number of carboxylic acids is 1. The van der Waals surface area contributed by atoms with Crippen LogP contribution in [0.2, 0.25) is 0 Å². The van der Waals surface area contributed by atoms with Crippen molar-refractivity contribution in [2.45, 2.75) is 12.5 Å². The molecule has 3 rings (SSSR count). The summed E-state index contributed by atoms with van der Waals surface area (Å²) >= 11 is 0. The number of rotatable bonds is 1. The molecular weight excluding hydrogens is 222 g/mol. The van der Waals surface area contributed by atoms with E-state index < -0.39 is 12.0 Å². The fourth-order valence-corrected chi connectivity index (χ4v) is 2.11. The zero-order chi connectivity index (χ0) is 12.0. The number of fused-ring (bicyclic) bond motifs is 3. The van der Waals surface area contributed by atoms with Gasteiger partial charge in [0.1, 0.15) is 17.7 Å². The van der Waals surface area contributed by atoms with Gasteiger partial charge in [-0.3, -0.25) is 5.10 Å². The van der Waals surface area contributed by atoms with Crippen LogP contribution in [0, 0.1) is 0 Å². The second-order valence-corrected chi connectivity index (χ2v) is 3.86. The molecule has 0 radical (unpaired) electrons.